The number of ether oxygens (including phenoxy) is 1. The van der Waals surface area contributed by atoms with Crippen LogP contribution in [0.25, 0.3) is 0 Å². The van der Waals surface area contributed by atoms with E-state index in [4.69, 9.17) is 4.74 Å². The summed E-state index contributed by atoms with van der Waals surface area (Å²) in [4.78, 5) is 14.2. The summed E-state index contributed by atoms with van der Waals surface area (Å²) in [5, 5.41) is 0. The number of amides is 1. The summed E-state index contributed by atoms with van der Waals surface area (Å²) in [6.07, 6.45) is 3.91. The molecular formula is C17H25NO4S. The molecule has 1 amide bonds. The van der Waals surface area contributed by atoms with Gasteiger partial charge in [0, 0.05) is 18.3 Å². The lowest BCUT2D eigenvalue weighted by Gasteiger charge is -2.29. The maximum absolute atomic E-state index is 12.5. The van der Waals surface area contributed by atoms with E-state index in [0.717, 1.165) is 30.6 Å². The fourth-order valence-corrected chi connectivity index (χ4v) is 3.87. The summed E-state index contributed by atoms with van der Waals surface area (Å²) in [6.45, 7) is 3.77. The average molecular weight is 339 g/mol. The molecule has 0 radical (unpaired) electrons. The molecule has 23 heavy (non-hydrogen) atoms. The number of benzene rings is 1. The van der Waals surface area contributed by atoms with Crippen molar-refractivity contribution >= 4 is 15.7 Å². The fraction of sp³-hybridized carbons (Fsp3) is 0.588. The SMILES string of the molecule is CCc1ccccc1OCC(=O)N(C1CC1)[C@H](C)CS(C)(=O)=O. The number of para-hydroxylation sites is 1. The molecule has 1 fully saturated rings. The second-order valence-electron chi connectivity index (χ2n) is 6.22. The van der Waals surface area contributed by atoms with E-state index in [0.29, 0.717) is 0 Å². The van der Waals surface area contributed by atoms with Crippen molar-refractivity contribution in [3.63, 3.8) is 0 Å². The quantitative estimate of drug-likeness (QED) is 0.727. The van der Waals surface area contributed by atoms with Gasteiger partial charge in [0.25, 0.3) is 5.91 Å². The van der Waals surface area contributed by atoms with Gasteiger partial charge >= 0.3 is 0 Å². The molecule has 128 valence electrons. The minimum atomic E-state index is -3.12. The topological polar surface area (TPSA) is 63.7 Å². The molecule has 0 heterocycles. The number of hydrogen-bond donors (Lipinski definition) is 0. The number of carbonyl (C=O) groups is 1. The molecule has 0 saturated heterocycles. The largest absolute Gasteiger partial charge is 0.483 e. The second-order valence-corrected chi connectivity index (χ2v) is 8.41. The van der Waals surface area contributed by atoms with Crippen molar-refractivity contribution in [3.8, 4) is 5.75 Å². The Kier molecular flexibility index (Phi) is 5.68. The molecule has 6 heteroatoms. The highest BCUT2D eigenvalue weighted by Gasteiger charge is 2.36. The zero-order valence-corrected chi connectivity index (χ0v) is 14.8. The molecule has 5 nitrogen and oxygen atoms in total. The van der Waals surface area contributed by atoms with Crippen molar-refractivity contribution in [3.05, 3.63) is 29.8 Å². The first-order valence-electron chi connectivity index (χ1n) is 8.01. The first kappa shape index (κ1) is 17.8. The summed E-state index contributed by atoms with van der Waals surface area (Å²) < 4.78 is 28.7. The molecule has 1 atom stereocenters. The van der Waals surface area contributed by atoms with Crippen LogP contribution in [-0.2, 0) is 21.1 Å². The number of carbonyl (C=O) groups excluding carboxylic acids is 1. The maximum Gasteiger partial charge on any atom is 0.261 e. The number of rotatable bonds is 8. The highest BCUT2D eigenvalue weighted by atomic mass is 32.2. The van der Waals surface area contributed by atoms with Crippen LogP contribution in [0.1, 0.15) is 32.3 Å². The average Bonchev–Trinajstić information content (AvgIpc) is 3.28. The summed E-state index contributed by atoms with van der Waals surface area (Å²) in [5.74, 6) is 0.560. The molecule has 0 aromatic heterocycles. The molecule has 0 spiro atoms. The molecule has 1 aliphatic rings. The highest BCUT2D eigenvalue weighted by Crippen LogP contribution is 2.29. The standard InChI is InChI=1S/C17H25NO4S/c1-4-14-7-5-6-8-16(14)22-11-17(19)18(15-9-10-15)13(2)12-23(3,20)21/h5-8,13,15H,4,9-12H2,1-3H3/t13-/m1/s1. The lowest BCUT2D eigenvalue weighted by atomic mass is 10.1. The molecule has 0 bridgehead atoms. The number of nitrogens with zero attached hydrogens (tertiary/aromatic N) is 1. The lowest BCUT2D eigenvalue weighted by molar-refractivity contribution is -0.135. The predicted octanol–water partition coefficient (Wildman–Crippen LogP) is 2.05. The third-order valence-electron chi connectivity index (χ3n) is 3.95. The Morgan fingerprint density at radius 3 is 2.57 bits per heavy atom. The van der Waals surface area contributed by atoms with Crippen molar-refractivity contribution in [1.29, 1.82) is 0 Å². The Balaban J connectivity index is 2.01. The van der Waals surface area contributed by atoms with Crippen molar-refractivity contribution in [1.82, 2.24) is 4.90 Å². The Labute approximate surface area is 138 Å². The van der Waals surface area contributed by atoms with Gasteiger partial charge in [-0.05, 0) is 37.8 Å². The van der Waals surface area contributed by atoms with Gasteiger partial charge in [-0.25, -0.2) is 8.42 Å². The molecule has 1 aliphatic carbocycles. The van der Waals surface area contributed by atoms with E-state index in [1.807, 2.05) is 31.2 Å². The van der Waals surface area contributed by atoms with Crippen molar-refractivity contribution in [2.75, 3.05) is 18.6 Å². The van der Waals surface area contributed by atoms with Crippen LogP contribution in [0.2, 0.25) is 0 Å². The molecule has 1 saturated carbocycles. The Morgan fingerprint density at radius 1 is 1.35 bits per heavy atom. The van der Waals surface area contributed by atoms with Gasteiger partial charge < -0.3 is 9.64 Å². The van der Waals surface area contributed by atoms with Crippen molar-refractivity contribution in [2.45, 2.75) is 45.2 Å². The van der Waals surface area contributed by atoms with E-state index in [9.17, 15) is 13.2 Å². The van der Waals surface area contributed by atoms with Crippen LogP contribution in [-0.4, -0.2) is 49.9 Å². The van der Waals surface area contributed by atoms with E-state index >= 15 is 0 Å². The first-order valence-corrected chi connectivity index (χ1v) is 10.1. The van der Waals surface area contributed by atoms with Crippen LogP contribution in [0.3, 0.4) is 0 Å². The minimum absolute atomic E-state index is 0.0131. The minimum Gasteiger partial charge on any atom is -0.483 e. The molecule has 0 N–H and O–H groups in total. The van der Waals surface area contributed by atoms with Crippen molar-refractivity contribution < 1.29 is 17.9 Å². The fourth-order valence-electron chi connectivity index (χ4n) is 2.83. The maximum atomic E-state index is 12.5. The van der Waals surface area contributed by atoms with Crippen LogP contribution in [0.15, 0.2) is 24.3 Å². The zero-order chi connectivity index (χ0) is 17.0. The monoisotopic (exact) mass is 339 g/mol. The van der Waals surface area contributed by atoms with E-state index in [-0.39, 0.29) is 30.4 Å². The molecule has 1 aromatic rings. The van der Waals surface area contributed by atoms with Crippen LogP contribution in [0, 0.1) is 0 Å². The van der Waals surface area contributed by atoms with Gasteiger partial charge in [0.1, 0.15) is 15.6 Å². The van der Waals surface area contributed by atoms with Crippen LogP contribution < -0.4 is 4.74 Å². The Hall–Kier alpha value is -1.56. The van der Waals surface area contributed by atoms with E-state index in [2.05, 4.69) is 0 Å². The van der Waals surface area contributed by atoms with Gasteiger partial charge in [0.15, 0.2) is 6.61 Å². The normalized spacial score (nSPS) is 16.0. The zero-order valence-electron chi connectivity index (χ0n) is 14.0. The van der Waals surface area contributed by atoms with E-state index in [1.54, 1.807) is 11.8 Å². The van der Waals surface area contributed by atoms with Gasteiger partial charge in [0.2, 0.25) is 0 Å². The lowest BCUT2D eigenvalue weighted by Crippen LogP contribution is -2.45. The Bertz CT molecular complexity index is 652. The smallest absolute Gasteiger partial charge is 0.261 e. The highest BCUT2D eigenvalue weighted by molar-refractivity contribution is 7.90. The third kappa shape index (κ3) is 5.23. The second kappa shape index (κ2) is 7.34. The van der Waals surface area contributed by atoms with E-state index < -0.39 is 9.84 Å². The summed E-state index contributed by atoms with van der Waals surface area (Å²) in [6, 6.07) is 7.49. The van der Waals surface area contributed by atoms with Gasteiger partial charge in [-0.2, -0.15) is 0 Å². The number of sulfone groups is 1. The van der Waals surface area contributed by atoms with Gasteiger partial charge in [-0.1, -0.05) is 25.1 Å². The summed E-state index contributed by atoms with van der Waals surface area (Å²) >= 11 is 0. The first-order chi connectivity index (χ1) is 10.8. The number of hydrogen-bond acceptors (Lipinski definition) is 4. The van der Waals surface area contributed by atoms with Gasteiger partial charge in [-0.3, -0.25) is 4.79 Å². The van der Waals surface area contributed by atoms with Crippen LogP contribution in [0.4, 0.5) is 0 Å². The van der Waals surface area contributed by atoms with Crippen LogP contribution >= 0.6 is 0 Å². The predicted molar refractivity (Wildman–Crippen MR) is 90.4 cm³/mol. The summed E-state index contributed by atoms with van der Waals surface area (Å²) in [7, 11) is -3.12. The van der Waals surface area contributed by atoms with Gasteiger partial charge in [-0.15, -0.1) is 0 Å². The molecule has 0 aliphatic heterocycles. The van der Waals surface area contributed by atoms with E-state index in [1.165, 1.54) is 6.26 Å². The Morgan fingerprint density at radius 2 is 2.00 bits per heavy atom. The molecule has 1 aromatic carbocycles. The molecular weight excluding hydrogens is 314 g/mol. The molecule has 0 unspecified atom stereocenters. The van der Waals surface area contributed by atoms with Crippen LogP contribution in [0.5, 0.6) is 5.75 Å². The number of aryl methyl sites for hydroxylation is 1. The summed E-state index contributed by atoms with van der Waals surface area (Å²) in [5.41, 5.74) is 1.06. The molecule has 2 rings (SSSR count). The van der Waals surface area contributed by atoms with Crippen molar-refractivity contribution in [2.24, 2.45) is 0 Å². The van der Waals surface area contributed by atoms with Gasteiger partial charge in [0.05, 0.1) is 5.75 Å². The third-order valence-corrected chi connectivity index (χ3v) is 5.04.